The Kier molecular flexibility index (Phi) is 10.4. The number of carbonyl (C=O) groups excluding carboxylic acids is 2. The van der Waals surface area contributed by atoms with E-state index in [0.717, 1.165) is 15.4 Å². The molecule has 2 amide bonds. The minimum Gasteiger partial charge on any atom is -0.484 e. The van der Waals surface area contributed by atoms with Crippen LogP contribution in [0.2, 0.25) is 0 Å². The van der Waals surface area contributed by atoms with Gasteiger partial charge in [0.1, 0.15) is 12.3 Å². The number of nitrogens with one attached hydrogen (secondary N) is 2. The zero-order chi connectivity index (χ0) is 29.8. The highest BCUT2D eigenvalue weighted by molar-refractivity contribution is 7.92. The van der Waals surface area contributed by atoms with Crippen LogP contribution in [0.15, 0.2) is 119 Å². The van der Waals surface area contributed by atoms with E-state index in [1.54, 1.807) is 54.6 Å². The molecule has 216 valence electrons. The van der Waals surface area contributed by atoms with Crippen LogP contribution < -0.4 is 19.8 Å². The number of benzene rings is 4. The monoisotopic (exact) mass is 584 g/mol. The fraction of sp³-hybridized carbons (Fsp3) is 0.156. The van der Waals surface area contributed by atoms with Crippen molar-refractivity contribution in [3.63, 3.8) is 0 Å². The van der Waals surface area contributed by atoms with Crippen LogP contribution >= 0.6 is 0 Å². The molecule has 0 fully saturated rings. The molecular formula is C32H32N4O5S. The predicted octanol–water partition coefficient (Wildman–Crippen LogP) is 4.29. The first-order chi connectivity index (χ1) is 20.4. The van der Waals surface area contributed by atoms with Gasteiger partial charge in [0.25, 0.3) is 21.8 Å². The number of anilines is 1. The lowest BCUT2D eigenvalue weighted by atomic mass is 10.1. The molecule has 10 heteroatoms. The lowest BCUT2D eigenvalue weighted by Gasteiger charge is -2.25. The van der Waals surface area contributed by atoms with Crippen molar-refractivity contribution in [1.82, 2.24) is 10.7 Å². The third kappa shape index (κ3) is 8.28. The predicted molar refractivity (Wildman–Crippen MR) is 163 cm³/mol. The number of hydrazone groups is 1. The highest BCUT2D eigenvalue weighted by Gasteiger charge is 2.28. The van der Waals surface area contributed by atoms with Gasteiger partial charge in [0.15, 0.2) is 6.61 Å². The van der Waals surface area contributed by atoms with Crippen LogP contribution in [-0.2, 0) is 32.6 Å². The minimum atomic E-state index is -4.02. The van der Waals surface area contributed by atoms with Crippen molar-refractivity contribution in [2.24, 2.45) is 5.10 Å². The lowest BCUT2D eigenvalue weighted by Crippen LogP contribution is -2.40. The summed E-state index contributed by atoms with van der Waals surface area (Å²) in [5, 5.41) is 6.79. The van der Waals surface area contributed by atoms with E-state index < -0.39 is 22.5 Å². The normalized spacial score (nSPS) is 11.2. The fourth-order valence-corrected chi connectivity index (χ4v) is 5.54. The Hall–Kier alpha value is -4.96. The number of rotatable bonds is 13. The minimum absolute atomic E-state index is 0.0863. The molecule has 0 radical (unpaired) electrons. The maximum Gasteiger partial charge on any atom is 0.264 e. The number of hydrogen-bond donors (Lipinski definition) is 2. The van der Waals surface area contributed by atoms with Gasteiger partial charge in [0.05, 0.1) is 16.8 Å². The molecule has 4 rings (SSSR count). The van der Waals surface area contributed by atoms with Gasteiger partial charge in [-0.05, 0) is 65.6 Å². The van der Waals surface area contributed by atoms with Gasteiger partial charge in [0, 0.05) is 6.54 Å². The summed E-state index contributed by atoms with van der Waals surface area (Å²) in [5.41, 5.74) is 5.31. The van der Waals surface area contributed by atoms with Crippen molar-refractivity contribution in [1.29, 1.82) is 0 Å². The highest BCUT2D eigenvalue weighted by Crippen LogP contribution is 2.27. The van der Waals surface area contributed by atoms with Gasteiger partial charge in [-0.1, -0.05) is 73.7 Å². The molecule has 0 spiro atoms. The fourth-order valence-electron chi connectivity index (χ4n) is 4.06. The third-order valence-electron chi connectivity index (χ3n) is 6.25. The van der Waals surface area contributed by atoms with Crippen molar-refractivity contribution in [2.75, 3.05) is 17.5 Å². The van der Waals surface area contributed by atoms with Gasteiger partial charge in [0.2, 0.25) is 0 Å². The average Bonchev–Trinajstić information content (AvgIpc) is 3.03. The zero-order valence-electron chi connectivity index (χ0n) is 23.1. The molecule has 0 aromatic heterocycles. The summed E-state index contributed by atoms with van der Waals surface area (Å²) in [7, 11) is -4.02. The van der Waals surface area contributed by atoms with Gasteiger partial charge in [-0.3, -0.25) is 13.9 Å². The van der Waals surface area contributed by atoms with E-state index in [2.05, 4.69) is 15.8 Å². The molecule has 0 atom stereocenters. The largest absolute Gasteiger partial charge is 0.484 e. The first-order valence-electron chi connectivity index (χ1n) is 13.4. The molecule has 0 aliphatic rings. The Bertz CT molecular complexity index is 1610. The Morgan fingerprint density at radius 1 is 0.833 bits per heavy atom. The number of ether oxygens (including phenoxy) is 1. The molecule has 0 unspecified atom stereocenters. The van der Waals surface area contributed by atoms with Crippen molar-refractivity contribution in [2.45, 2.75) is 24.8 Å². The molecule has 2 N–H and O–H groups in total. The molecule has 0 heterocycles. The second-order valence-electron chi connectivity index (χ2n) is 9.22. The summed E-state index contributed by atoms with van der Waals surface area (Å²) in [6.45, 7) is 1.77. The molecule has 0 saturated carbocycles. The van der Waals surface area contributed by atoms with E-state index >= 15 is 0 Å². The Balaban J connectivity index is 1.34. The molecule has 9 nitrogen and oxygen atoms in total. The van der Waals surface area contributed by atoms with Gasteiger partial charge in [-0.25, -0.2) is 13.8 Å². The summed E-state index contributed by atoms with van der Waals surface area (Å²) in [6, 6.07) is 31.5. The van der Waals surface area contributed by atoms with Crippen molar-refractivity contribution >= 4 is 33.7 Å². The number of nitrogens with zero attached hydrogens (tertiary/aromatic N) is 2. The van der Waals surface area contributed by atoms with Crippen LogP contribution in [0.4, 0.5) is 5.69 Å². The first kappa shape index (κ1) is 30.0. The summed E-state index contributed by atoms with van der Waals surface area (Å²) in [6.07, 6.45) is 2.03. The Morgan fingerprint density at radius 2 is 1.48 bits per heavy atom. The van der Waals surface area contributed by atoms with Gasteiger partial charge in [-0.2, -0.15) is 5.10 Å². The quantitative estimate of drug-likeness (QED) is 0.180. The first-order valence-corrected chi connectivity index (χ1v) is 14.8. The van der Waals surface area contributed by atoms with E-state index in [4.69, 9.17) is 4.74 Å². The van der Waals surface area contributed by atoms with Crippen molar-refractivity contribution < 1.29 is 22.7 Å². The van der Waals surface area contributed by atoms with E-state index in [9.17, 15) is 18.0 Å². The second-order valence-corrected chi connectivity index (χ2v) is 11.1. The van der Waals surface area contributed by atoms with Crippen LogP contribution in [0.1, 0.15) is 23.6 Å². The van der Waals surface area contributed by atoms with Crippen LogP contribution in [-0.4, -0.2) is 39.6 Å². The zero-order valence-corrected chi connectivity index (χ0v) is 24.0. The molecular weight excluding hydrogens is 552 g/mol. The molecule has 0 saturated heterocycles. The van der Waals surface area contributed by atoms with Crippen LogP contribution in [0.3, 0.4) is 0 Å². The molecule has 0 bridgehead atoms. The van der Waals surface area contributed by atoms with Gasteiger partial charge >= 0.3 is 0 Å². The topological polar surface area (TPSA) is 117 Å². The van der Waals surface area contributed by atoms with Crippen molar-refractivity contribution in [3.05, 3.63) is 126 Å². The number of sulfonamides is 1. The maximum absolute atomic E-state index is 13.5. The van der Waals surface area contributed by atoms with E-state index in [1.165, 1.54) is 18.3 Å². The summed E-state index contributed by atoms with van der Waals surface area (Å²) < 4.78 is 33.7. The third-order valence-corrected chi connectivity index (χ3v) is 8.02. The SMILES string of the molecule is CCc1ccccc1N(CC(=O)N/N=C\c1ccc(OCC(=O)NCc2ccccc2)cc1)S(=O)(=O)c1ccccc1. The Labute approximate surface area is 245 Å². The molecule has 0 aliphatic carbocycles. The Morgan fingerprint density at radius 3 is 2.17 bits per heavy atom. The number of para-hydroxylation sites is 1. The maximum atomic E-state index is 13.5. The van der Waals surface area contributed by atoms with E-state index in [0.29, 0.717) is 30.0 Å². The number of hydrogen-bond acceptors (Lipinski definition) is 6. The lowest BCUT2D eigenvalue weighted by molar-refractivity contribution is -0.123. The van der Waals surface area contributed by atoms with Crippen LogP contribution in [0.5, 0.6) is 5.75 Å². The van der Waals surface area contributed by atoms with Gasteiger partial charge in [-0.15, -0.1) is 0 Å². The van der Waals surface area contributed by atoms with E-state index in [-0.39, 0.29) is 17.4 Å². The highest BCUT2D eigenvalue weighted by atomic mass is 32.2. The second kappa shape index (κ2) is 14.6. The van der Waals surface area contributed by atoms with Gasteiger partial charge < -0.3 is 10.1 Å². The molecule has 0 aliphatic heterocycles. The smallest absolute Gasteiger partial charge is 0.264 e. The molecule has 4 aromatic rings. The van der Waals surface area contributed by atoms with Crippen LogP contribution in [0, 0.1) is 0 Å². The summed E-state index contributed by atoms with van der Waals surface area (Å²) in [5.74, 6) is -0.336. The number of aryl methyl sites for hydroxylation is 1. The molecule has 4 aromatic carbocycles. The number of amides is 2. The summed E-state index contributed by atoms with van der Waals surface area (Å²) >= 11 is 0. The average molecular weight is 585 g/mol. The molecule has 42 heavy (non-hydrogen) atoms. The summed E-state index contributed by atoms with van der Waals surface area (Å²) in [4.78, 5) is 25.0. The number of carbonyl (C=O) groups is 2. The van der Waals surface area contributed by atoms with Crippen molar-refractivity contribution in [3.8, 4) is 5.75 Å². The van der Waals surface area contributed by atoms with E-state index in [1.807, 2.05) is 49.4 Å². The standard InChI is InChI=1S/C32H32N4O5S/c1-2-27-13-9-10-16-30(27)36(42(39,40)29-14-7-4-8-15-29)23-31(37)35-34-22-26-17-19-28(20-18-26)41-24-32(38)33-21-25-11-5-3-6-12-25/h3-20,22H,2,21,23-24H2,1H3,(H,33,38)(H,35,37)/b34-22-. The van der Waals surface area contributed by atoms with Crippen LogP contribution in [0.25, 0.3) is 0 Å².